The predicted molar refractivity (Wildman–Crippen MR) is 68.7 cm³/mol. The van der Waals surface area contributed by atoms with Gasteiger partial charge >= 0.3 is 0 Å². The Hall–Kier alpha value is -1.84. The van der Waals surface area contributed by atoms with Crippen LogP contribution in [0.1, 0.15) is 31.9 Å². The molecule has 2 rings (SSSR count). The van der Waals surface area contributed by atoms with Crippen molar-refractivity contribution in [3.63, 3.8) is 0 Å². The third-order valence-corrected chi connectivity index (χ3v) is 3.47. The monoisotopic (exact) mass is 246 g/mol. The highest BCUT2D eigenvalue weighted by atomic mass is 16.2. The lowest BCUT2D eigenvalue weighted by Crippen LogP contribution is -2.59. The van der Waals surface area contributed by atoms with Gasteiger partial charge in [0.1, 0.15) is 12.1 Å². The molecule has 3 atom stereocenters. The Morgan fingerprint density at radius 3 is 2.39 bits per heavy atom. The summed E-state index contributed by atoms with van der Waals surface area (Å²) in [6, 6.07) is 8.29. The lowest BCUT2D eigenvalue weighted by molar-refractivity contribution is -0.138. The zero-order chi connectivity index (χ0) is 13.1. The van der Waals surface area contributed by atoms with Crippen LogP contribution in [0.4, 0.5) is 0 Å². The maximum absolute atomic E-state index is 12.0. The normalized spacial score (nSPS) is 25.2. The Morgan fingerprint density at radius 1 is 1.11 bits per heavy atom. The third-order valence-electron chi connectivity index (χ3n) is 3.47. The molecule has 1 aromatic rings. The fraction of sp³-hybridized carbons (Fsp3) is 0.429. The molecule has 0 bridgehead atoms. The van der Waals surface area contributed by atoms with Crippen LogP contribution >= 0.6 is 0 Å². The summed E-state index contributed by atoms with van der Waals surface area (Å²) in [5.74, 6) is -0.0884. The molecule has 4 heteroatoms. The van der Waals surface area contributed by atoms with Crippen molar-refractivity contribution < 1.29 is 9.59 Å². The van der Waals surface area contributed by atoms with Crippen molar-refractivity contribution in [3.8, 4) is 0 Å². The molecule has 0 aromatic heterocycles. The van der Waals surface area contributed by atoms with Crippen molar-refractivity contribution in [2.45, 2.75) is 32.4 Å². The van der Waals surface area contributed by atoms with E-state index in [1.807, 2.05) is 44.2 Å². The summed E-state index contributed by atoms with van der Waals surface area (Å²) in [5, 5.41) is 5.61. The minimum atomic E-state index is -0.570. The van der Waals surface area contributed by atoms with Crippen LogP contribution in [-0.4, -0.2) is 17.9 Å². The van der Waals surface area contributed by atoms with E-state index >= 15 is 0 Å². The van der Waals surface area contributed by atoms with Gasteiger partial charge in [0.25, 0.3) is 0 Å². The summed E-state index contributed by atoms with van der Waals surface area (Å²) in [7, 11) is 0. The van der Waals surface area contributed by atoms with E-state index in [0.717, 1.165) is 12.0 Å². The molecule has 18 heavy (non-hydrogen) atoms. The minimum absolute atomic E-state index is 0.0993. The van der Waals surface area contributed by atoms with Gasteiger partial charge in [0.05, 0.1) is 0 Å². The van der Waals surface area contributed by atoms with Gasteiger partial charge in [0.2, 0.25) is 11.8 Å². The van der Waals surface area contributed by atoms with E-state index in [4.69, 9.17) is 0 Å². The highest BCUT2D eigenvalue weighted by molar-refractivity contribution is 5.97. The predicted octanol–water partition coefficient (Wildman–Crippen LogP) is 1.39. The Bertz CT molecular complexity index is 444. The van der Waals surface area contributed by atoms with Crippen molar-refractivity contribution in [2.24, 2.45) is 5.92 Å². The number of nitrogens with one attached hydrogen (secondary N) is 2. The van der Waals surface area contributed by atoms with Crippen LogP contribution in [0.3, 0.4) is 0 Å². The standard InChI is InChI=1S/C14H18N2O2/c1-3-9(2)11-13(17)16-12(14(18)15-11)10-7-5-4-6-8-10/h4-9,11-12H,3H2,1-2H3,(H,15,18)(H,16,17)/t9-,11+,12-/m0/s1. The molecule has 96 valence electrons. The van der Waals surface area contributed by atoms with Crippen molar-refractivity contribution in [1.82, 2.24) is 10.6 Å². The maximum atomic E-state index is 12.0. The Morgan fingerprint density at radius 2 is 1.78 bits per heavy atom. The maximum Gasteiger partial charge on any atom is 0.247 e. The van der Waals surface area contributed by atoms with Crippen LogP contribution < -0.4 is 10.6 Å². The fourth-order valence-electron chi connectivity index (χ4n) is 2.12. The number of hydrogen-bond acceptors (Lipinski definition) is 2. The van der Waals surface area contributed by atoms with E-state index in [1.54, 1.807) is 0 Å². The van der Waals surface area contributed by atoms with Gasteiger partial charge in [-0.1, -0.05) is 50.6 Å². The summed E-state index contributed by atoms with van der Waals surface area (Å²) in [4.78, 5) is 24.0. The lowest BCUT2D eigenvalue weighted by atomic mass is 9.94. The smallest absolute Gasteiger partial charge is 0.247 e. The van der Waals surface area contributed by atoms with Crippen molar-refractivity contribution in [2.75, 3.05) is 0 Å². The SMILES string of the molecule is CC[C@H](C)[C@H]1NC(=O)[C@H](c2ccccc2)NC1=O. The molecule has 2 amide bonds. The average molecular weight is 246 g/mol. The number of piperazine rings is 1. The molecule has 4 nitrogen and oxygen atoms in total. The summed E-state index contributed by atoms with van der Waals surface area (Å²) < 4.78 is 0. The van der Waals surface area contributed by atoms with Crippen LogP contribution in [0.5, 0.6) is 0 Å². The first-order valence-electron chi connectivity index (χ1n) is 6.29. The summed E-state index contributed by atoms with van der Waals surface area (Å²) in [6.07, 6.45) is 0.856. The van der Waals surface area contributed by atoms with Crippen LogP contribution in [0, 0.1) is 5.92 Å². The topological polar surface area (TPSA) is 58.2 Å². The molecule has 1 aliphatic rings. The minimum Gasteiger partial charge on any atom is -0.342 e. The average Bonchev–Trinajstić information content (AvgIpc) is 2.41. The first kappa shape index (κ1) is 12.6. The van der Waals surface area contributed by atoms with Gasteiger partial charge in [0, 0.05) is 0 Å². The molecule has 0 aliphatic carbocycles. The summed E-state index contributed by atoms with van der Waals surface area (Å²) in [6.45, 7) is 3.97. The van der Waals surface area contributed by atoms with Crippen molar-refractivity contribution in [1.29, 1.82) is 0 Å². The van der Waals surface area contributed by atoms with Crippen LogP contribution in [0.2, 0.25) is 0 Å². The van der Waals surface area contributed by atoms with Gasteiger partial charge in [-0.2, -0.15) is 0 Å². The molecule has 1 aliphatic heterocycles. The number of rotatable bonds is 3. The van der Waals surface area contributed by atoms with Crippen molar-refractivity contribution >= 4 is 11.8 Å². The van der Waals surface area contributed by atoms with E-state index in [2.05, 4.69) is 10.6 Å². The summed E-state index contributed by atoms with van der Waals surface area (Å²) >= 11 is 0. The molecule has 0 unspecified atom stereocenters. The highest BCUT2D eigenvalue weighted by Gasteiger charge is 2.36. The number of hydrogen-bond donors (Lipinski definition) is 2. The number of carbonyl (C=O) groups is 2. The fourth-order valence-corrected chi connectivity index (χ4v) is 2.12. The molecular formula is C14H18N2O2. The lowest BCUT2D eigenvalue weighted by Gasteiger charge is -2.32. The van der Waals surface area contributed by atoms with Gasteiger partial charge in [-0.25, -0.2) is 0 Å². The second-order valence-electron chi connectivity index (χ2n) is 4.72. The van der Waals surface area contributed by atoms with Crippen LogP contribution in [0.25, 0.3) is 0 Å². The first-order chi connectivity index (χ1) is 8.63. The van der Waals surface area contributed by atoms with Gasteiger partial charge in [0.15, 0.2) is 0 Å². The molecular weight excluding hydrogens is 228 g/mol. The van der Waals surface area contributed by atoms with Gasteiger partial charge < -0.3 is 10.6 Å². The van der Waals surface area contributed by atoms with E-state index in [9.17, 15) is 9.59 Å². The van der Waals surface area contributed by atoms with Gasteiger partial charge in [-0.15, -0.1) is 0 Å². The molecule has 0 saturated carbocycles. The highest BCUT2D eigenvalue weighted by Crippen LogP contribution is 2.19. The molecule has 1 aromatic carbocycles. The molecule has 1 heterocycles. The Kier molecular flexibility index (Phi) is 3.65. The zero-order valence-corrected chi connectivity index (χ0v) is 10.6. The Labute approximate surface area is 107 Å². The molecule has 1 saturated heterocycles. The molecule has 1 fully saturated rings. The third kappa shape index (κ3) is 2.37. The van der Waals surface area contributed by atoms with Crippen molar-refractivity contribution in [3.05, 3.63) is 35.9 Å². The number of benzene rings is 1. The summed E-state index contributed by atoms with van der Waals surface area (Å²) in [5.41, 5.74) is 0.811. The van der Waals surface area contributed by atoms with E-state index < -0.39 is 12.1 Å². The van der Waals surface area contributed by atoms with E-state index in [-0.39, 0.29) is 17.7 Å². The number of amides is 2. The largest absolute Gasteiger partial charge is 0.342 e. The second kappa shape index (κ2) is 5.21. The van der Waals surface area contributed by atoms with E-state index in [1.165, 1.54) is 0 Å². The van der Waals surface area contributed by atoms with Gasteiger partial charge in [-0.3, -0.25) is 9.59 Å². The molecule has 0 spiro atoms. The van der Waals surface area contributed by atoms with Crippen LogP contribution in [-0.2, 0) is 9.59 Å². The van der Waals surface area contributed by atoms with Crippen LogP contribution in [0.15, 0.2) is 30.3 Å². The second-order valence-corrected chi connectivity index (χ2v) is 4.72. The Balaban J connectivity index is 2.16. The molecule has 0 radical (unpaired) electrons. The first-order valence-corrected chi connectivity index (χ1v) is 6.29. The zero-order valence-electron chi connectivity index (χ0n) is 10.6. The molecule has 2 N–H and O–H groups in total. The quantitative estimate of drug-likeness (QED) is 0.846. The van der Waals surface area contributed by atoms with E-state index in [0.29, 0.717) is 0 Å². The van der Waals surface area contributed by atoms with Gasteiger partial charge in [-0.05, 0) is 11.5 Å². The number of carbonyl (C=O) groups excluding carboxylic acids is 2.